The molecule has 96 valence electrons. The van der Waals surface area contributed by atoms with Crippen LogP contribution in [0.15, 0.2) is 11.6 Å². The van der Waals surface area contributed by atoms with Gasteiger partial charge in [-0.05, 0) is 20.3 Å². The third kappa shape index (κ3) is 2.43. The van der Waals surface area contributed by atoms with Crippen molar-refractivity contribution in [3.05, 3.63) is 33.5 Å². The first kappa shape index (κ1) is 12.8. The molecule has 5 nitrogen and oxygen atoms in total. The number of nitrogens with one attached hydrogen (secondary N) is 2. The maximum absolute atomic E-state index is 12.2. The van der Waals surface area contributed by atoms with Crippen molar-refractivity contribution < 1.29 is 4.79 Å². The van der Waals surface area contributed by atoms with Crippen LogP contribution in [0.2, 0.25) is 0 Å². The number of carbonyl (C=O) groups is 1. The van der Waals surface area contributed by atoms with E-state index in [2.05, 4.69) is 20.5 Å². The molecule has 0 aromatic carbocycles. The zero-order chi connectivity index (χ0) is 13.1. The van der Waals surface area contributed by atoms with Crippen LogP contribution >= 0.6 is 11.3 Å². The Morgan fingerprint density at radius 3 is 2.83 bits per heavy atom. The monoisotopic (exact) mass is 264 g/mol. The van der Waals surface area contributed by atoms with Gasteiger partial charge in [0.2, 0.25) is 0 Å². The van der Waals surface area contributed by atoms with Crippen LogP contribution in [0.3, 0.4) is 0 Å². The molecule has 0 spiro atoms. The number of amides is 1. The Labute approximate surface area is 110 Å². The van der Waals surface area contributed by atoms with Crippen molar-refractivity contribution in [1.82, 2.24) is 20.5 Å². The van der Waals surface area contributed by atoms with E-state index in [0.29, 0.717) is 5.56 Å². The summed E-state index contributed by atoms with van der Waals surface area (Å²) in [6.45, 7) is 5.70. The van der Waals surface area contributed by atoms with Crippen LogP contribution in [0, 0.1) is 13.8 Å². The summed E-state index contributed by atoms with van der Waals surface area (Å²) in [4.78, 5) is 16.5. The van der Waals surface area contributed by atoms with Crippen molar-refractivity contribution in [3.63, 3.8) is 0 Å². The molecule has 0 aliphatic heterocycles. The fraction of sp³-hybridized carbons (Fsp3) is 0.417. The van der Waals surface area contributed by atoms with Gasteiger partial charge in [-0.15, -0.1) is 11.3 Å². The molecule has 1 unspecified atom stereocenters. The highest BCUT2D eigenvalue weighted by molar-refractivity contribution is 7.09. The van der Waals surface area contributed by atoms with Crippen molar-refractivity contribution in [2.75, 3.05) is 0 Å². The molecule has 2 rings (SSSR count). The van der Waals surface area contributed by atoms with Crippen LogP contribution in [0.1, 0.15) is 46.1 Å². The van der Waals surface area contributed by atoms with E-state index in [1.165, 1.54) is 0 Å². The second-order valence-electron chi connectivity index (χ2n) is 4.11. The second kappa shape index (κ2) is 5.30. The first-order valence-electron chi connectivity index (χ1n) is 5.85. The second-order valence-corrected chi connectivity index (χ2v) is 5.04. The first-order chi connectivity index (χ1) is 8.63. The minimum absolute atomic E-state index is 0.0359. The molecule has 2 aromatic rings. The number of carbonyl (C=O) groups excluding carboxylic acids is 1. The van der Waals surface area contributed by atoms with Gasteiger partial charge in [-0.25, -0.2) is 4.98 Å². The molecular formula is C12H16N4OS. The lowest BCUT2D eigenvalue weighted by molar-refractivity contribution is 0.0934. The zero-order valence-electron chi connectivity index (χ0n) is 10.7. The van der Waals surface area contributed by atoms with Gasteiger partial charge in [0, 0.05) is 17.3 Å². The lowest BCUT2D eigenvalue weighted by Crippen LogP contribution is -2.28. The number of aryl methyl sites for hydroxylation is 2. The number of thiazole rings is 1. The van der Waals surface area contributed by atoms with Gasteiger partial charge in [-0.1, -0.05) is 6.92 Å². The Morgan fingerprint density at radius 1 is 1.56 bits per heavy atom. The van der Waals surface area contributed by atoms with E-state index in [0.717, 1.165) is 22.8 Å². The molecule has 6 heteroatoms. The fourth-order valence-electron chi connectivity index (χ4n) is 1.86. The molecule has 0 saturated carbocycles. The molecule has 0 bridgehead atoms. The largest absolute Gasteiger partial charge is 0.343 e. The number of hydrogen-bond acceptors (Lipinski definition) is 4. The quantitative estimate of drug-likeness (QED) is 0.890. The molecule has 1 amide bonds. The topological polar surface area (TPSA) is 70.7 Å². The Kier molecular flexibility index (Phi) is 3.76. The van der Waals surface area contributed by atoms with Gasteiger partial charge >= 0.3 is 0 Å². The summed E-state index contributed by atoms with van der Waals surface area (Å²) in [5, 5.41) is 12.7. The highest BCUT2D eigenvalue weighted by atomic mass is 32.1. The van der Waals surface area contributed by atoms with Crippen molar-refractivity contribution in [1.29, 1.82) is 0 Å². The minimum Gasteiger partial charge on any atom is -0.343 e. The third-order valence-electron chi connectivity index (χ3n) is 2.82. The smallest absolute Gasteiger partial charge is 0.255 e. The molecule has 0 aliphatic rings. The average molecular weight is 264 g/mol. The SMILES string of the molecule is CCC(NC(=O)c1c(C)n[nH]c1C)c1nccs1. The minimum atomic E-state index is -0.0965. The molecule has 0 saturated heterocycles. The molecule has 18 heavy (non-hydrogen) atoms. The third-order valence-corrected chi connectivity index (χ3v) is 3.71. The number of aromatic amines is 1. The Morgan fingerprint density at radius 2 is 2.33 bits per heavy atom. The van der Waals surface area contributed by atoms with Crippen molar-refractivity contribution >= 4 is 17.2 Å². The maximum atomic E-state index is 12.2. The summed E-state index contributed by atoms with van der Waals surface area (Å²) in [6, 6.07) is -0.0359. The van der Waals surface area contributed by atoms with Crippen LogP contribution < -0.4 is 5.32 Å². The van der Waals surface area contributed by atoms with Gasteiger partial charge in [0.05, 0.1) is 17.3 Å². The van der Waals surface area contributed by atoms with Gasteiger partial charge in [-0.3, -0.25) is 9.89 Å². The van der Waals surface area contributed by atoms with Gasteiger partial charge in [0.1, 0.15) is 5.01 Å². The fourth-order valence-corrected chi connectivity index (χ4v) is 2.63. The van der Waals surface area contributed by atoms with E-state index >= 15 is 0 Å². The highest BCUT2D eigenvalue weighted by Gasteiger charge is 2.20. The van der Waals surface area contributed by atoms with E-state index in [-0.39, 0.29) is 11.9 Å². The number of nitrogens with zero attached hydrogens (tertiary/aromatic N) is 2. The van der Waals surface area contributed by atoms with Gasteiger partial charge in [-0.2, -0.15) is 5.10 Å². The average Bonchev–Trinajstić information content (AvgIpc) is 2.96. The predicted molar refractivity (Wildman–Crippen MR) is 70.7 cm³/mol. The van der Waals surface area contributed by atoms with Crippen LogP contribution in [0.25, 0.3) is 0 Å². The summed E-state index contributed by atoms with van der Waals surface area (Å²) in [5.41, 5.74) is 2.14. The lowest BCUT2D eigenvalue weighted by atomic mass is 10.1. The molecular weight excluding hydrogens is 248 g/mol. The molecule has 1 atom stereocenters. The molecule has 0 aliphatic carbocycles. The van der Waals surface area contributed by atoms with E-state index in [1.807, 2.05) is 26.2 Å². The molecule has 0 fully saturated rings. The van der Waals surface area contributed by atoms with E-state index in [1.54, 1.807) is 17.5 Å². The van der Waals surface area contributed by atoms with Crippen LogP contribution in [0.4, 0.5) is 0 Å². The predicted octanol–water partition coefficient (Wildman–Crippen LogP) is 2.36. The summed E-state index contributed by atoms with van der Waals surface area (Å²) in [6.07, 6.45) is 2.57. The Hall–Kier alpha value is -1.69. The van der Waals surface area contributed by atoms with E-state index in [9.17, 15) is 4.79 Å². The highest BCUT2D eigenvalue weighted by Crippen LogP contribution is 2.20. The van der Waals surface area contributed by atoms with Crippen molar-refractivity contribution in [2.45, 2.75) is 33.2 Å². The van der Waals surface area contributed by atoms with Crippen LogP contribution in [0.5, 0.6) is 0 Å². The summed E-state index contributed by atoms with van der Waals surface area (Å²) < 4.78 is 0. The molecule has 0 radical (unpaired) electrons. The number of rotatable bonds is 4. The Balaban J connectivity index is 2.16. The summed E-state index contributed by atoms with van der Waals surface area (Å²) in [5.74, 6) is -0.0965. The normalized spacial score (nSPS) is 12.4. The lowest BCUT2D eigenvalue weighted by Gasteiger charge is -2.14. The van der Waals surface area contributed by atoms with Gasteiger partial charge in [0.25, 0.3) is 5.91 Å². The summed E-state index contributed by atoms with van der Waals surface area (Å²) >= 11 is 1.55. The standard InChI is InChI=1S/C12H16N4OS/c1-4-9(12-13-5-6-18-12)14-11(17)10-7(2)15-16-8(10)3/h5-6,9H,4H2,1-3H3,(H,14,17)(H,15,16). The maximum Gasteiger partial charge on any atom is 0.255 e. The van der Waals surface area contributed by atoms with E-state index in [4.69, 9.17) is 0 Å². The van der Waals surface area contributed by atoms with Crippen molar-refractivity contribution in [3.8, 4) is 0 Å². The summed E-state index contributed by atoms with van der Waals surface area (Å²) in [7, 11) is 0. The van der Waals surface area contributed by atoms with Gasteiger partial charge in [0.15, 0.2) is 0 Å². The molecule has 2 heterocycles. The van der Waals surface area contributed by atoms with Crippen LogP contribution in [-0.4, -0.2) is 21.1 Å². The zero-order valence-corrected chi connectivity index (χ0v) is 11.5. The number of H-pyrrole nitrogens is 1. The molecule has 2 aromatic heterocycles. The van der Waals surface area contributed by atoms with E-state index < -0.39 is 0 Å². The first-order valence-corrected chi connectivity index (χ1v) is 6.73. The Bertz CT molecular complexity index is 513. The van der Waals surface area contributed by atoms with Crippen molar-refractivity contribution in [2.24, 2.45) is 0 Å². The number of hydrogen-bond donors (Lipinski definition) is 2. The molecule has 2 N–H and O–H groups in total. The van der Waals surface area contributed by atoms with Crippen LogP contribution in [-0.2, 0) is 0 Å². The number of aromatic nitrogens is 3. The van der Waals surface area contributed by atoms with Gasteiger partial charge < -0.3 is 5.32 Å².